The average molecular weight is 319 g/mol. The number of rotatable bonds is 5. The molecule has 1 aliphatic heterocycles. The lowest BCUT2D eigenvalue weighted by atomic mass is 10.1. The van der Waals surface area contributed by atoms with Crippen molar-refractivity contribution in [2.24, 2.45) is 0 Å². The van der Waals surface area contributed by atoms with Gasteiger partial charge in [0, 0.05) is 37.1 Å². The Kier molecular flexibility index (Phi) is 4.63. The van der Waals surface area contributed by atoms with E-state index in [-0.39, 0.29) is 11.7 Å². The van der Waals surface area contributed by atoms with Crippen molar-refractivity contribution in [3.8, 4) is 0 Å². The third-order valence-electron chi connectivity index (χ3n) is 4.35. The van der Waals surface area contributed by atoms with E-state index in [1.54, 1.807) is 0 Å². The number of aryl methyl sites for hydroxylation is 2. The summed E-state index contributed by atoms with van der Waals surface area (Å²) < 4.78 is 13.8. The van der Waals surface area contributed by atoms with Crippen LogP contribution in [-0.2, 0) is 16.2 Å². The number of hydrogen-bond donors (Lipinski definition) is 2. The van der Waals surface area contributed by atoms with E-state index in [2.05, 4.69) is 10.3 Å². The van der Waals surface area contributed by atoms with E-state index < -0.39 is 0 Å². The molecule has 0 unspecified atom stereocenters. The number of fused-ring (bicyclic) bond motifs is 1. The van der Waals surface area contributed by atoms with Crippen molar-refractivity contribution < 1.29 is 14.0 Å². The second kappa shape index (κ2) is 6.68. The van der Waals surface area contributed by atoms with Gasteiger partial charge in [0.05, 0.1) is 12.1 Å². The van der Waals surface area contributed by atoms with E-state index in [1.807, 2.05) is 18.9 Å². The molecule has 0 atom stereocenters. The number of carbonyl (C=O) groups excluding carboxylic acids is 1. The van der Waals surface area contributed by atoms with Crippen LogP contribution in [0.4, 0.5) is 4.39 Å². The number of nitrogens with one attached hydrogen (secondary N) is 2. The molecule has 0 radical (unpaired) electrons. The molecule has 0 aliphatic carbocycles. The molecule has 6 heteroatoms. The third-order valence-corrected chi connectivity index (χ3v) is 4.35. The SMILES string of the molecule is Cc1[nH]c2c(CNC(=O)CCN3CCCO3)cc(F)cc2c1C. The molecule has 1 saturated heterocycles. The highest BCUT2D eigenvalue weighted by atomic mass is 19.1. The zero-order chi connectivity index (χ0) is 16.4. The first kappa shape index (κ1) is 16.0. The van der Waals surface area contributed by atoms with Gasteiger partial charge in [0.2, 0.25) is 5.91 Å². The first-order valence-corrected chi connectivity index (χ1v) is 7.96. The van der Waals surface area contributed by atoms with Gasteiger partial charge < -0.3 is 10.3 Å². The first-order chi connectivity index (χ1) is 11.0. The van der Waals surface area contributed by atoms with Crippen molar-refractivity contribution in [2.75, 3.05) is 19.7 Å². The summed E-state index contributed by atoms with van der Waals surface area (Å²) in [6.07, 6.45) is 1.38. The van der Waals surface area contributed by atoms with Gasteiger partial charge in [0.25, 0.3) is 0 Å². The van der Waals surface area contributed by atoms with Gasteiger partial charge in [-0.3, -0.25) is 9.63 Å². The van der Waals surface area contributed by atoms with E-state index >= 15 is 0 Å². The Morgan fingerprint density at radius 3 is 3.00 bits per heavy atom. The van der Waals surface area contributed by atoms with Gasteiger partial charge in [-0.2, -0.15) is 5.06 Å². The van der Waals surface area contributed by atoms with E-state index in [0.29, 0.717) is 19.5 Å². The summed E-state index contributed by atoms with van der Waals surface area (Å²) in [5.74, 6) is -0.341. The van der Waals surface area contributed by atoms with Crippen LogP contribution in [0.1, 0.15) is 29.7 Å². The summed E-state index contributed by atoms with van der Waals surface area (Å²) in [4.78, 5) is 20.6. The van der Waals surface area contributed by atoms with Crippen molar-refractivity contribution in [3.05, 3.63) is 34.8 Å². The minimum atomic E-state index is -0.283. The highest BCUT2D eigenvalue weighted by Crippen LogP contribution is 2.25. The number of nitrogens with zero attached hydrogens (tertiary/aromatic N) is 1. The second-order valence-electron chi connectivity index (χ2n) is 6.00. The molecule has 1 fully saturated rings. The highest BCUT2D eigenvalue weighted by molar-refractivity contribution is 5.87. The molecule has 5 nitrogen and oxygen atoms in total. The Bertz CT molecular complexity index is 720. The van der Waals surface area contributed by atoms with Gasteiger partial charge in [-0.25, -0.2) is 4.39 Å². The van der Waals surface area contributed by atoms with Gasteiger partial charge in [0.15, 0.2) is 0 Å². The molecular weight excluding hydrogens is 297 g/mol. The minimum absolute atomic E-state index is 0.0575. The number of aromatic nitrogens is 1. The fourth-order valence-electron chi connectivity index (χ4n) is 2.91. The van der Waals surface area contributed by atoms with E-state index in [0.717, 1.165) is 47.3 Å². The summed E-state index contributed by atoms with van der Waals surface area (Å²) in [5.41, 5.74) is 3.72. The Labute approximate surface area is 134 Å². The molecule has 2 N–H and O–H groups in total. The van der Waals surface area contributed by atoms with Crippen molar-refractivity contribution in [1.82, 2.24) is 15.4 Å². The fraction of sp³-hybridized carbons (Fsp3) is 0.471. The molecule has 2 heterocycles. The van der Waals surface area contributed by atoms with Crippen LogP contribution in [0.15, 0.2) is 12.1 Å². The number of amides is 1. The molecular formula is C17H22FN3O2. The van der Waals surface area contributed by atoms with Crippen molar-refractivity contribution in [2.45, 2.75) is 33.2 Å². The van der Waals surface area contributed by atoms with Crippen LogP contribution < -0.4 is 5.32 Å². The van der Waals surface area contributed by atoms with Gasteiger partial charge in [-0.05, 0) is 43.5 Å². The Morgan fingerprint density at radius 1 is 1.43 bits per heavy atom. The molecule has 1 amide bonds. The topological polar surface area (TPSA) is 57.4 Å². The zero-order valence-electron chi connectivity index (χ0n) is 13.5. The minimum Gasteiger partial charge on any atom is -0.358 e. The third kappa shape index (κ3) is 3.54. The maximum Gasteiger partial charge on any atom is 0.221 e. The molecule has 2 aromatic rings. The number of hydrogen-bond acceptors (Lipinski definition) is 3. The summed E-state index contributed by atoms with van der Waals surface area (Å²) in [6.45, 7) is 6.43. The van der Waals surface area contributed by atoms with Crippen LogP contribution in [0.2, 0.25) is 0 Å². The fourth-order valence-corrected chi connectivity index (χ4v) is 2.91. The van der Waals surface area contributed by atoms with Crippen molar-refractivity contribution >= 4 is 16.8 Å². The van der Waals surface area contributed by atoms with Gasteiger partial charge in [0.1, 0.15) is 5.82 Å². The Hall–Kier alpha value is -1.92. The second-order valence-corrected chi connectivity index (χ2v) is 6.00. The van der Waals surface area contributed by atoms with Gasteiger partial charge >= 0.3 is 0 Å². The monoisotopic (exact) mass is 319 g/mol. The Balaban J connectivity index is 1.64. The Morgan fingerprint density at radius 2 is 2.26 bits per heavy atom. The number of aromatic amines is 1. The average Bonchev–Trinajstić information content (AvgIpc) is 3.13. The standard InChI is InChI=1S/C17H22FN3O2/c1-11-12(2)20-17-13(8-14(18)9-15(11)17)10-19-16(22)4-6-21-5-3-7-23-21/h8-9,20H,3-7,10H2,1-2H3,(H,19,22). The number of hydroxylamine groups is 2. The van der Waals surface area contributed by atoms with Crippen LogP contribution >= 0.6 is 0 Å². The molecule has 1 aromatic carbocycles. The number of benzene rings is 1. The predicted molar refractivity (Wildman–Crippen MR) is 86.3 cm³/mol. The van der Waals surface area contributed by atoms with Crippen molar-refractivity contribution in [3.63, 3.8) is 0 Å². The molecule has 0 spiro atoms. The van der Waals surface area contributed by atoms with Gasteiger partial charge in [-0.1, -0.05) is 0 Å². The van der Waals surface area contributed by atoms with Crippen LogP contribution in [0.5, 0.6) is 0 Å². The molecule has 1 aromatic heterocycles. The maximum atomic E-state index is 13.8. The highest BCUT2D eigenvalue weighted by Gasteiger charge is 2.15. The largest absolute Gasteiger partial charge is 0.358 e. The molecule has 124 valence electrons. The zero-order valence-corrected chi connectivity index (χ0v) is 13.5. The van der Waals surface area contributed by atoms with E-state index in [1.165, 1.54) is 12.1 Å². The number of H-pyrrole nitrogens is 1. The number of carbonyl (C=O) groups is 1. The van der Waals surface area contributed by atoms with E-state index in [9.17, 15) is 9.18 Å². The summed E-state index contributed by atoms with van der Waals surface area (Å²) >= 11 is 0. The summed E-state index contributed by atoms with van der Waals surface area (Å²) in [7, 11) is 0. The molecule has 0 saturated carbocycles. The van der Waals surface area contributed by atoms with Crippen LogP contribution in [0.25, 0.3) is 10.9 Å². The summed E-state index contributed by atoms with van der Waals surface area (Å²) in [6, 6.07) is 3.01. The molecule has 0 bridgehead atoms. The van der Waals surface area contributed by atoms with Crippen molar-refractivity contribution in [1.29, 1.82) is 0 Å². The maximum absolute atomic E-state index is 13.8. The molecule has 1 aliphatic rings. The van der Waals surface area contributed by atoms with Crippen LogP contribution in [-0.4, -0.2) is 35.7 Å². The van der Waals surface area contributed by atoms with E-state index in [4.69, 9.17) is 4.84 Å². The van der Waals surface area contributed by atoms with Crippen LogP contribution in [0.3, 0.4) is 0 Å². The molecule has 3 rings (SSSR count). The molecule has 23 heavy (non-hydrogen) atoms. The van der Waals surface area contributed by atoms with Gasteiger partial charge in [-0.15, -0.1) is 0 Å². The smallest absolute Gasteiger partial charge is 0.221 e. The first-order valence-electron chi connectivity index (χ1n) is 7.96. The summed E-state index contributed by atoms with van der Waals surface area (Å²) in [5, 5.41) is 5.55. The number of halogens is 1. The van der Waals surface area contributed by atoms with Crippen LogP contribution in [0, 0.1) is 19.7 Å². The quantitative estimate of drug-likeness (QED) is 0.890. The normalized spacial score (nSPS) is 15.4. The lowest BCUT2D eigenvalue weighted by molar-refractivity contribution is -0.130. The lowest BCUT2D eigenvalue weighted by Crippen LogP contribution is -2.28. The predicted octanol–water partition coefficient (Wildman–Crippen LogP) is 2.57. The lowest BCUT2D eigenvalue weighted by Gasteiger charge is -2.13.